The van der Waals surface area contributed by atoms with E-state index >= 15 is 0 Å². The minimum atomic E-state index is -0.0794. The second-order valence-electron chi connectivity index (χ2n) is 8.96. The van der Waals surface area contributed by atoms with Gasteiger partial charge in [0.25, 0.3) is 0 Å². The number of aromatic nitrogens is 2. The summed E-state index contributed by atoms with van der Waals surface area (Å²) in [5.74, 6) is 0. The molecule has 3 heterocycles. The third kappa shape index (κ3) is 4.47. The van der Waals surface area contributed by atoms with Gasteiger partial charge in [-0.3, -0.25) is 4.98 Å². The maximum absolute atomic E-state index is 12.9. The third-order valence-electron chi connectivity index (χ3n) is 6.52. The minimum absolute atomic E-state index is 0.0794. The Morgan fingerprint density at radius 2 is 1.75 bits per heavy atom. The topological polar surface area (TPSA) is 61.4 Å². The van der Waals surface area contributed by atoms with Crippen molar-refractivity contribution in [1.29, 1.82) is 0 Å². The first-order valence-corrected chi connectivity index (χ1v) is 13.1. The number of piperazine rings is 1. The summed E-state index contributed by atoms with van der Waals surface area (Å²) in [5.41, 5.74) is 6.07. The van der Waals surface area contributed by atoms with Crippen molar-refractivity contribution < 1.29 is 4.79 Å². The van der Waals surface area contributed by atoms with Crippen LogP contribution in [0, 0.1) is 6.92 Å². The molecule has 2 amide bonds. The predicted octanol–water partition coefficient (Wildman–Crippen LogP) is 6.83. The number of hydrogen-bond donors (Lipinski definition) is 1. The van der Waals surface area contributed by atoms with E-state index in [2.05, 4.69) is 40.3 Å². The molecule has 2 aromatic heterocycles. The summed E-state index contributed by atoms with van der Waals surface area (Å²) in [5, 5.41) is 5.77. The number of anilines is 2. The van der Waals surface area contributed by atoms with Gasteiger partial charge in [0.2, 0.25) is 0 Å². The van der Waals surface area contributed by atoms with E-state index in [1.54, 1.807) is 11.3 Å². The highest BCUT2D eigenvalue weighted by Crippen LogP contribution is 2.32. The summed E-state index contributed by atoms with van der Waals surface area (Å²) in [6, 6.07) is 21.9. The normalized spacial score (nSPS) is 13.9. The fourth-order valence-electron chi connectivity index (χ4n) is 4.59. The number of benzene rings is 3. The molecule has 36 heavy (non-hydrogen) atoms. The van der Waals surface area contributed by atoms with Crippen molar-refractivity contribution in [2.75, 3.05) is 36.4 Å². The second-order valence-corrected chi connectivity index (χ2v) is 10.4. The summed E-state index contributed by atoms with van der Waals surface area (Å²) in [7, 11) is 0. The van der Waals surface area contributed by atoms with Crippen molar-refractivity contribution in [3.8, 4) is 10.6 Å². The van der Waals surface area contributed by atoms with Gasteiger partial charge in [0.05, 0.1) is 15.7 Å². The van der Waals surface area contributed by atoms with Crippen molar-refractivity contribution >= 4 is 61.5 Å². The highest BCUT2D eigenvalue weighted by atomic mass is 35.5. The molecule has 5 aromatic rings. The van der Waals surface area contributed by atoms with Crippen molar-refractivity contribution in [3.05, 3.63) is 83.5 Å². The Labute approximate surface area is 218 Å². The van der Waals surface area contributed by atoms with Crippen LogP contribution in [0.4, 0.5) is 16.2 Å². The van der Waals surface area contributed by atoms with E-state index < -0.39 is 0 Å². The lowest BCUT2D eigenvalue weighted by molar-refractivity contribution is 0.208. The Balaban J connectivity index is 1.10. The molecular formula is C28H24ClN5OS. The van der Waals surface area contributed by atoms with E-state index in [0.717, 1.165) is 51.5 Å². The van der Waals surface area contributed by atoms with Gasteiger partial charge in [-0.05, 0) is 73.2 Å². The summed E-state index contributed by atoms with van der Waals surface area (Å²) < 4.78 is 1.19. The number of halogens is 1. The van der Waals surface area contributed by atoms with Crippen LogP contribution in [-0.4, -0.2) is 47.1 Å². The summed E-state index contributed by atoms with van der Waals surface area (Å²) in [6.07, 6.45) is 1.81. The van der Waals surface area contributed by atoms with Crippen LogP contribution in [0.5, 0.6) is 0 Å². The molecule has 0 saturated carbocycles. The molecule has 0 unspecified atom stereocenters. The average Bonchev–Trinajstić information content (AvgIpc) is 3.32. The van der Waals surface area contributed by atoms with E-state index in [1.807, 2.05) is 59.6 Å². The van der Waals surface area contributed by atoms with Crippen LogP contribution in [0.2, 0.25) is 5.02 Å². The van der Waals surface area contributed by atoms with Crippen LogP contribution in [0.3, 0.4) is 0 Å². The zero-order valence-corrected chi connectivity index (χ0v) is 21.3. The summed E-state index contributed by atoms with van der Waals surface area (Å²) >= 11 is 7.82. The van der Waals surface area contributed by atoms with Crippen LogP contribution in [0.1, 0.15) is 5.56 Å². The Kier molecular flexibility index (Phi) is 5.95. The molecule has 8 heteroatoms. The summed E-state index contributed by atoms with van der Waals surface area (Å²) in [4.78, 5) is 26.3. The molecule has 0 atom stereocenters. The van der Waals surface area contributed by atoms with Gasteiger partial charge >= 0.3 is 6.03 Å². The molecule has 0 radical (unpaired) electrons. The number of carbonyl (C=O) groups is 1. The Bertz CT molecular complexity index is 1570. The van der Waals surface area contributed by atoms with E-state index in [0.29, 0.717) is 18.1 Å². The number of thiazole rings is 1. The average molecular weight is 514 g/mol. The van der Waals surface area contributed by atoms with Crippen molar-refractivity contribution in [1.82, 2.24) is 14.9 Å². The zero-order chi connectivity index (χ0) is 24.6. The molecule has 0 aliphatic carbocycles. The Morgan fingerprint density at radius 3 is 2.56 bits per heavy atom. The molecule has 3 aromatic carbocycles. The van der Waals surface area contributed by atoms with E-state index in [9.17, 15) is 4.79 Å². The number of hydrogen-bond acceptors (Lipinski definition) is 5. The third-order valence-corrected chi connectivity index (χ3v) is 7.82. The van der Waals surface area contributed by atoms with Crippen LogP contribution in [0.15, 0.2) is 72.9 Å². The number of nitrogens with one attached hydrogen (secondary N) is 1. The van der Waals surface area contributed by atoms with Crippen molar-refractivity contribution in [2.45, 2.75) is 6.92 Å². The van der Waals surface area contributed by atoms with Gasteiger partial charge < -0.3 is 15.1 Å². The maximum atomic E-state index is 12.9. The monoisotopic (exact) mass is 513 g/mol. The smallest absolute Gasteiger partial charge is 0.321 e. The molecule has 1 aliphatic heterocycles. The van der Waals surface area contributed by atoms with E-state index in [-0.39, 0.29) is 6.03 Å². The van der Waals surface area contributed by atoms with Gasteiger partial charge in [-0.25, -0.2) is 9.78 Å². The van der Waals surface area contributed by atoms with Crippen LogP contribution >= 0.6 is 22.9 Å². The van der Waals surface area contributed by atoms with Gasteiger partial charge in [-0.15, -0.1) is 11.3 Å². The molecular weight excluding hydrogens is 490 g/mol. The molecule has 6 nitrogen and oxygen atoms in total. The number of fused-ring (bicyclic) bond motifs is 2. The van der Waals surface area contributed by atoms with Gasteiger partial charge in [-0.1, -0.05) is 17.7 Å². The lowest BCUT2D eigenvalue weighted by Crippen LogP contribution is -2.50. The molecule has 1 N–H and O–H groups in total. The lowest BCUT2D eigenvalue weighted by Gasteiger charge is -2.36. The van der Waals surface area contributed by atoms with Crippen molar-refractivity contribution in [2.24, 2.45) is 0 Å². The second kappa shape index (κ2) is 9.41. The Hall–Kier alpha value is -3.68. The molecule has 1 saturated heterocycles. The molecule has 6 rings (SSSR count). The number of pyridine rings is 1. The first-order chi connectivity index (χ1) is 17.5. The number of nitrogens with zero attached hydrogens (tertiary/aromatic N) is 4. The molecule has 180 valence electrons. The fourth-order valence-corrected chi connectivity index (χ4v) is 5.82. The molecule has 0 bridgehead atoms. The largest absolute Gasteiger partial charge is 0.367 e. The number of rotatable bonds is 3. The predicted molar refractivity (Wildman–Crippen MR) is 149 cm³/mol. The van der Waals surface area contributed by atoms with Crippen LogP contribution < -0.4 is 10.2 Å². The van der Waals surface area contributed by atoms with E-state index in [1.165, 1.54) is 10.3 Å². The maximum Gasteiger partial charge on any atom is 0.321 e. The van der Waals surface area contributed by atoms with E-state index in [4.69, 9.17) is 16.6 Å². The number of carbonyl (C=O) groups excluding carboxylic acids is 1. The standard InChI is InChI=1S/C28H24ClN5OS/c1-18-2-9-23-26(16-18)36-27(32-23)19-3-6-21(7-4-19)31-28(35)34-14-12-33(13-15-34)25-10-11-30-24-17-20(29)5-8-22(24)25/h2-11,16-17H,12-15H2,1H3,(H,31,35). The van der Waals surface area contributed by atoms with Crippen LogP contribution in [0.25, 0.3) is 31.7 Å². The van der Waals surface area contributed by atoms with Crippen molar-refractivity contribution in [3.63, 3.8) is 0 Å². The quantitative estimate of drug-likeness (QED) is 0.287. The molecule has 1 aliphatic rings. The molecule has 0 spiro atoms. The SMILES string of the molecule is Cc1ccc2nc(-c3ccc(NC(=O)N4CCN(c5ccnc6cc(Cl)ccc56)CC4)cc3)sc2c1. The van der Waals surface area contributed by atoms with Gasteiger partial charge in [0.15, 0.2) is 0 Å². The highest BCUT2D eigenvalue weighted by molar-refractivity contribution is 7.21. The first-order valence-electron chi connectivity index (χ1n) is 11.9. The molecule has 1 fully saturated rings. The number of aryl methyl sites for hydroxylation is 1. The van der Waals surface area contributed by atoms with Gasteiger partial charge in [0, 0.05) is 59.7 Å². The van der Waals surface area contributed by atoms with Gasteiger partial charge in [-0.2, -0.15) is 0 Å². The first kappa shape index (κ1) is 22.8. The number of amides is 2. The number of urea groups is 1. The Morgan fingerprint density at radius 1 is 0.944 bits per heavy atom. The lowest BCUT2D eigenvalue weighted by atomic mass is 10.1. The van der Waals surface area contributed by atoms with Gasteiger partial charge in [0.1, 0.15) is 5.01 Å². The van der Waals surface area contributed by atoms with Crippen LogP contribution in [-0.2, 0) is 0 Å². The highest BCUT2D eigenvalue weighted by Gasteiger charge is 2.22. The fraction of sp³-hybridized carbons (Fsp3) is 0.179. The minimum Gasteiger partial charge on any atom is -0.367 e. The summed E-state index contributed by atoms with van der Waals surface area (Å²) in [6.45, 7) is 4.89. The zero-order valence-electron chi connectivity index (χ0n) is 19.7.